The van der Waals surface area contributed by atoms with Crippen molar-refractivity contribution in [3.8, 4) is 0 Å². The van der Waals surface area contributed by atoms with Crippen molar-refractivity contribution in [3.05, 3.63) is 51.2 Å². The minimum Gasteiger partial charge on any atom is -0.371 e. The van der Waals surface area contributed by atoms with Crippen LogP contribution in [-0.4, -0.2) is 20.1 Å². The Kier molecular flexibility index (Phi) is 5.46. The zero-order valence-corrected chi connectivity index (χ0v) is 13.8. The third-order valence-corrected chi connectivity index (χ3v) is 4.67. The topological polar surface area (TPSA) is 15.3 Å². The van der Waals surface area contributed by atoms with E-state index in [-0.39, 0.29) is 0 Å². The van der Waals surface area contributed by atoms with Crippen LogP contribution in [0.5, 0.6) is 0 Å². The minimum atomic E-state index is 0.433. The van der Waals surface area contributed by atoms with Crippen LogP contribution < -0.4 is 10.2 Å². The molecule has 0 saturated heterocycles. The lowest BCUT2D eigenvalue weighted by Crippen LogP contribution is -2.31. The SMILES string of the molecule is CNCc1ccc(Cl)cc1N(C)C(C)Cc1cccs1. The molecule has 0 amide bonds. The second-order valence-corrected chi connectivity index (χ2v) is 6.52. The molecule has 0 saturated carbocycles. The third-order valence-electron chi connectivity index (χ3n) is 3.53. The second-order valence-electron chi connectivity index (χ2n) is 5.05. The van der Waals surface area contributed by atoms with Gasteiger partial charge in [0.25, 0.3) is 0 Å². The lowest BCUT2D eigenvalue weighted by molar-refractivity contribution is 0.681. The Labute approximate surface area is 130 Å². The Hall–Kier alpha value is -1.03. The number of halogens is 1. The first-order valence-electron chi connectivity index (χ1n) is 6.80. The molecule has 0 radical (unpaired) electrons. The zero-order valence-electron chi connectivity index (χ0n) is 12.2. The molecule has 0 bridgehead atoms. The average Bonchev–Trinajstić information content (AvgIpc) is 2.93. The molecule has 2 rings (SSSR count). The van der Waals surface area contributed by atoms with Crippen molar-refractivity contribution in [2.75, 3.05) is 19.0 Å². The molecule has 4 heteroatoms. The molecule has 0 aliphatic heterocycles. The van der Waals surface area contributed by atoms with Crippen LogP contribution in [0.25, 0.3) is 0 Å². The summed E-state index contributed by atoms with van der Waals surface area (Å²) in [5, 5.41) is 6.14. The van der Waals surface area contributed by atoms with E-state index in [1.54, 1.807) is 0 Å². The van der Waals surface area contributed by atoms with E-state index in [1.165, 1.54) is 16.1 Å². The molecule has 1 atom stereocenters. The third kappa shape index (κ3) is 3.75. The van der Waals surface area contributed by atoms with Gasteiger partial charge in [-0.05, 0) is 43.1 Å². The normalized spacial score (nSPS) is 12.4. The molecular formula is C16H21ClN2S. The van der Waals surface area contributed by atoms with Crippen molar-refractivity contribution in [3.63, 3.8) is 0 Å². The summed E-state index contributed by atoms with van der Waals surface area (Å²) in [6.07, 6.45) is 1.06. The highest BCUT2D eigenvalue weighted by Crippen LogP contribution is 2.27. The quantitative estimate of drug-likeness (QED) is 0.861. The summed E-state index contributed by atoms with van der Waals surface area (Å²) in [5.41, 5.74) is 2.48. The van der Waals surface area contributed by atoms with E-state index >= 15 is 0 Å². The Balaban J connectivity index is 2.18. The van der Waals surface area contributed by atoms with Gasteiger partial charge in [-0.25, -0.2) is 0 Å². The van der Waals surface area contributed by atoms with Crippen LogP contribution in [0.4, 0.5) is 5.69 Å². The Morgan fingerprint density at radius 3 is 2.80 bits per heavy atom. The number of benzene rings is 1. The summed E-state index contributed by atoms with van der Waals surface area (Å²) < 4.78 is 0. The summed E-state index contributed by atoms with van der Waals surface area (Å²) in [4.78, 5) is 3.74. The monoisotopic (exact) mass is 308 g/mol. The minimum absolute atomic E-state index is 0.433. The number of anilines is 1. The molecule has 1 aromatic carbocycles. The predicted molar refractivity (Wildman–Crippen MR) is 90.1 cm³/mol. The van der Waals surface area contributed by atoms with Gasteiger partial charge in [-0.3, -0.25) is 0 Å². The number of nitrogens with one attached hydrogen (secondary N) is 1. The van der Waals surface area contributed by atoms with E-state index in [0.717, 1.165) is 18.0 Å². The number of nitrogens with zero attached hydrogens (tertiary/aromatic N) is 1. The lowest BCUT2D eigenvalue weighted by Gasteiger charge is -2.29. The molecule has 0 aliphatic carbocycles. The first-order valence-corrected chi connectivity index (χ1v) is 8.06. The Bertz CT molecular complexity index is 539. The van der Waals surface area contributed by atoms with Gasteiger partial charge in [-0.2, -0.15) is 0 Å². The molecule has 0 spiro atoms. The lowest BCUT2D eigenvalue weighted by atomic mass is 10.1. The number of hydrogen-bond donors (Lipinski definition) is 1. The molecule has 2 aromatic rings. The maximum atomic E-state index is 6.16. The molecule has 2 nitrogen and oxygen atoms in total. The van der Waals surface area contributed by atoms with Gasteiger partial charge in [0.05, 0.1) is 0 Å². The first kappa shape index (κ1) is 15.4. The molecule has 108 valence electrons. The van der Waals surface area contributed by atoms with Gasteiger partial charge in [-0.15, -0.1) is 11.3 Å². The maximum absolute atomic E-state index is 6.16. The highest BCUT2D eigenvalue weighted by molar-refractivity contribution is 7.09. The van der Waals surface area contributed by atoms with Crippen LogP contribution >= 0.6 is 22.9 Å². The second kappa shape index (κ2) is 7.11. The van der Waals surface area contributed by atoms with E-state index in [2.05, 4.69) is 53.8 Å². The van der Waals surface area contributed by atoms with E-state index in [1.807, 2.05) is 24.5 Å². The summed E-state index contributed by atoms with van der Waals surface area (Å²) in [7, 11) is 4.11. The van der Waals surface area contributed by atoms with Gasteiger partial charge in [0, 0.05) is 41.6 Å². The summed E-state index contributed by atoms with van der Waals surface area (Å²) in [6, 6.07) is 10.8. The fraction of sp³-hybridized carbons (Fsp3) is 0.375. The van der Waals surface area contributed by atoms with Crippen molar-refractivity contribution in [2.45, 2.75) is 25.9 Å². The highest BCUT2D eigenvalue weighted by Gasteiger charge is 2.15. The van der Waals surface area contributed by atoms with Crippen molar-refractivity contribution >= 4 is 28.6 Å². The number of rotatable bonds is 6. The first-order chi connectivity index (χ1) is 9.61. The summed E-state index contributed by atoms with van der Waals surface area (Å²) in [6.45, 7) is 3.10. The highest BCUT2D eigenvalue weighted by atomic mass is 35.5. The molecule has 1 unspecified atom stereocenters. The molecule has 0 aliphatic rings. The number of likely N-dealkylation sites (N-methyl/N-ethyl adjacent to an activating group) is 1. The fourth-order valence-corrected chi connectivity index (χ4v) is 3.29. The van der Waals surface area contributed by atoms with Gasteiger partial charge in [-0.1, -0.05) is 23.7 Å². The van der Waals surface area contributed by atoms with E-state index in [9.17, 15) is 0 Å². The van der Waals surface area contributed by atoms with Crippen LogP contribution in [-0.2, 0) is 13.0 Å². The van der Waals surface area contributed by atoms with E-state index < -0.39 is 0 Å². The largest absolute Gasteiger partial charge is 0.371 e. The predicted octanol–water partition coefficient (Wildman–Crippen LogP) is 4.19. The van der Waals surface area contributed by atoms with E-state index in [4.69, 9.17) is 11.6 Å². The number of thiophene rings is 1. The molecule has 0 fully saturated rings. The van der Waals surface area contributed by atoms with Gasteiger partial charge in [0.1, 0.15) is 0 Å². The molecule has 1 heterocycles. The summed E-state index contributed by atoms with van der Waals surface area (Å²) >= 11 is 7.98. The van der Waals surface area contributed by atoms with E-state index in [0.29, 0.717) is 6.04 Å². The van der Waals surface area contributed by atoms with Crippen LogP contribution in [0.2, 0.25) is 5.02 Å². The Morgan fingerprint density at radius 1 is 1.35 bits per heavy atom. The standard InChI is InChI=1S/C16H21ClN2S/c1-12(9-15-5-4-8-20-15)19(3)16-10-14(17)7-6-13(16)11-18-2/h4-8,10,12,18H,9,11H2,1-3H3. The molecule has 20 heavy (non-hydrogen) atoms. The van der Waals surface area contributed by atoms with Crippen LogP contribution in [0.1, 0.15) is 17.4 Å². The Morgan fingerprint density at radius 2 is 2.15 bits per heavy atom. The van der Waals surface area contributed by atoms with Crippen molar-refractivity contribution in [2.24, 2.45) is 0 Å². The zero-order chi connectivity index (χ0) is 14.5. The molecule has 1 aromatic heterocycles. The van der Waals surface area contributed by atoms with Crippen molar-refractivity contribution in [1.29, 1.82) is 0 Å². The van der Waals surface area contributed by atoms with Crippen molar-refractivity contribution < 1.29 is 0 Å². The summed E-state index contributed by atoms with van der Waals surface area (Å²) in [5.74, 6) is 0. The van der Waals surface area contributed by atoms with Crippen molar-refractivity contribution in [1.82, 2.24) is 5.32 Å². The van der Waals surface area contributed by atoms with Crippen LogP contribution in [0.15, 0.2) is 35.7 Å². The van der Waals surface area contributed by atoms with Gasteiger partial charge < -0.3 is 10.2 Å². The van der Waals surface area contributed by atoms with Crippen LogP contribution in [0.3, 0.4) is 0 Å². The maximum Gasteiger partial charge on any atom is 0.0426 e. The fourth-order valence-electron chi connectivity index (χ4n) is 2.30. The number of hydrogen-bond acceptors (Lipinski definition) is 3. The van der Waals surface area contributed by atoms with Gasteiger partial charge in [0.2, 0.25) is 0 Å². The smallest absolute Gasteiger partial charge is 0.0426 e. The van der Waals surface area contributed by atoms with Crippen LogP contribution in [0, 0.1) is 0 Å². The molecule has 1 N–H and O–H groups in total. The molecular weight excluding hydrogens is 288 g/mol. The van der Waals surface area contributed by atoms with Gasteiger partial charge >= 0.3 is 0 Å². The van der Waals surface area contributed by atoms with Gasteiger partial charge in [0.15, 0.2) is 0 Å². The average molecular weight is 309 g/mol.